The molecule has 0 bridgehead atoms. The van der Waals surface area contributed by atoms with Crippen molar-refractivity contribution < 1.29 is 0 Å². The molecule has 1 atom stereocenters. The molecule has 7 heteroatoms. The minimum atomic E-state index is 0. The molecule has 0 spiro atoms. The molecule has 0 amide bonds. The van der Waals surface area contributed by atoms with E-state index < -0.39 is 0 Å². The van der Waals surface area contributed by atoms with Crippen LogP contribution in [0.4, 0.5) is 0 Å². The lowest BCUT2D eigenvalue weighted by molar-refractivity contribution is 0.488. The van der Waals surface area contributed by atoms with Crippen molar-refractivity contribution >= 4 is 35.6 Å². The van der Waals surface area contributed by atoms with Crippen LogP contribution >= 0.6 is 24.0 Å². The molecule has 3 aromatic rings. The Labute approximate surface area is 177 Å². The highest BCUT2D eigenvalue weighted by Gasteiger charge is 2.16. The zero-order valence-electron chi connectivity index (χ0n) is 16.0. The van der Waals surface area contributed by atoms with Gasteiger partial charge in [0.1, 0.15) is 0 Å². The quantitative estimate of drug-likeness (QED) is 0.324. The van der Waals surface area contributed by atoms with Gasteiger partial charge < -0.3 is 10.6 Å². The molecular weight excluding hydrogens is 451 g/mol. The van der Waals surface area contributed by atoms with Crippen LogP contribution in [-0.4, -0.2) is 34.2 Å². The second-order valence-electron chi connectivity index (χ2n) is 6.61. The Bertz CT molecular complexity index is 859. The number of guanidine groups is 1. The summed E-state index contributed by atoms with van der Waals surface area (Å²) >= 11 is 0. The molecule has 0 saturated carbocycles. The van der Waals surface area contributed by atoms with Crippen molar-refractivity contribution in [3.8, 4) is 0 Å². The van der Waals surface area contributed by atoms with Crippen LogP contribution in [0.3, 0.4) is 0 Å². The van der Waals surface area contributed by atoms with Crippen molar-refractivity contribution in [2.75, 3.05) is 13.6 Å². The van der Waals surface area contributed by atoms with E-state index in [9.17, 15) is 0 Å². The van der Waals surface area contributed by atoms with Gasteiger partial charge >= 0.3 is 0 Å². The van der Waals surface area contributed by atoms with Crippen molar-refractivity contribution in [1.82, 2.24) is 25.2 Å². The topological polar surface area (TPSA) is 66.6 Å². The first-order valence-electron chi connectivity index (χ1n) is 8.97. The van der Waals surface area contributed by atoms with Gasteiger partial charge in [-0.05, 0) is 23.6 Å². The molecule has 27 heavy (non-hydrogen) atoms. The number of hydrogen-bond donors (Lipinski definition) is 2. The van der Waals surface area contributed by atoms with Crippen molar-refractivity contribution in [2.45, 2.75) is 26.3 Å². The van der Waals surface area contributed by atoms with Crippen LogP contribution in [-0.2, 0) is 6.54 Å². The molecule has 1 aromatic carbocycles. The van der Waals surface area contributed by atoms with E-state index in [1.807, 2.05) is 28.8 Å². The molecule has 3 rings (SSSR count). The average molecular weight is 478 g/mol. The van der Waals surface area contributed by atoms with Gasteiger partial charge in [0, 0.05) is 25.7 Å². The van der Waals surface area contributed by atoms with Crippen LogP contribution < -0.4 is 10.6 Å². The maximum Gasteiger partial charge on any atom is 0.191 e. The highest BCUT2D eigenvalue weighted by Crippen LogP contribution is 2.23. The number of pyridine rings is 1. The van der Waals surface area contributed by atoms with E-state index in [0.29, 0.717) is 18.4 Å². The van der Waals surface area contributed by atoms with Crippen molar-refractivity contribution in [1.29, 1.82) is 0 Å². The number of fused-ring (bicyclic) bond motifs is 1. The molecule has 0 aliphatic rings. The number of rotatable bonds is 6. The van der Waals surface area contributed by atoms with Gasteiger partial charge in [-0.1, -0.05) is 50.2 Å². The standard InChI is InChI=1S/C20H26N6.HI/c1-15(2)17(16-9-5-4-6-10-16)13-22-20(21-3)23-14-19-25-24-18-11-7-8-12-26(18)19;/h4-12,15,17H,13-14H2,1-3H3,(H2,21,22,23);1H. The molecule has 0 aliphatic heterocycles. The van der Waals surface area contributed by atoms with Crippen molar-refractivity contribution in [2.24, 2.45) is 10.9 Å². The van der Waals surface area contributed by atoms with E-state index in [-0.39, 0.29) is 24.0 Å². The maximum atomic E-state index is 4.33. The smallest absolute Gasteiger partial charge is 0.191 e. The summed E-state index contributed by atoms with van der Waals surface area (Å²) in [6.45, 7) is 5.88. The SMILES string of the molecule is CN=C(NCc1nnc2ccccn12)NCC(c1ccccc1)C(C)C.I. The predicted molar refractivity (Wildman–Crippen MR) is 121 cm³/mol. The summed E-state index contributed by atoms with van der Waals surface area (Å²) in [5.41, 5.74) is 2.19. The third kappa shape index (κ3) is 5.41. The Morgan fingerprint density at radius 1 is 1.04 bits per heavy atom. The van der Waals surface area contributed by atoms with Crippen molar-refractivity contribution in [3.05, 3.63) is 66.1 Å². The van der Waals surface area contributed by atoms with Gasteiger partial charge in [0.05, 0.1) is 6.54 Å². The molecule has 2 N–H and O–H groups in total. The summed E-state index contributed by atoms with van der Waals surface area (Å²) in [5, 5.41) is 15.2. The fourth-order valence-corrected chi connectivity index (χ4v) is 3.04. The summed E-state index contributed by atoms with van der Waals surface area (Å²) in [4.78, 5) is 4.33. The lowest BCUT2D eigenvalue weighted by Crippen LogP contribution is -2.40. The highest BCUT2D eigenvalue weighted by atomic mass is 127. The normalized spacial score (nSPS) is 12.7. The van der Waals surface area contributed by atoms with Crippen LogP contribution in [0.25, 0.3) is 5.65 Å². The summed E-state index contributed by atoms with van der Waals surface area (Å²) in [7, 11) is 1.78. The Morgan fingerprint density at radius 2 is 1.78 bits per heavy atom. The molecule has 0 radical (unpaired) electrons. The number of halogens is 1. The average Bonchev–Trinajstić information content (AvgIpc) is 3.08. The van der Waals surface area contributed by atoms with E-state index >= 15 is 0 Å². The number of aliphatic imine (C=N–C) groups is 1. The number of hydrogen-bond acceptors (Lipinski definition) is 3. The zero-order valence-corrected chi connectivity index (χ0v) is 18.3. The number of nitrogens with one attached hydrogen (secondary N) is 2. The first-order chi connectivity index (χ1) is 12.7. The van der Waals surface area contributed by atoms with E-state index in [1.165, 1.54) is 5.56 Å². The van der Waals surface area contributed by atoms with Crippen LogP contribution in [0.2, 0.25) is 0 Å². The van der Waals surface area contributed by atoms with Gasteiger partial charge in [0.25, 0.3) is 0 Å². The third-order valence-electron chi connectivity index (χ3n) is 4.54. The monoisotopic (exact) mass is 478 g/mol. The zero-order chi connectivity index (χ0) is 18.4. The first kappa shape index (κ1) is 21.1. The van der Waals surface area contributed by atoms with Gasteiger partial charge in [0.2, 0.25) is 0 Å². The third-order valence-corrected chi connectivity index (χ3v) is 4.54. The molecular formula is C20H27IN6. The minimum absolute atomic E-state index is 0. The Balaban J connectivity index is 0.00000261. The molecule has 0 aliphatic carbocycles. The fourth-order valence-electron chi connectivity index (χ4n) is 3.04. The molecule has 2 aromatic heterocycles. The van der Waals surface area contributed by atoms with Gasteiger partial charge in [-0.15, -0.1) is 34.2 Å². The van der Waals surface area contributed by atoms with E-state index in [1.54, 1.807) is 7.05 Å². The number of benzene rings is 1. The molecule has 6 nitrogen and oxygen atoms in total. The molecule has 144 valence electrons. The number of nitrogens with zero attached hydrogens (tertiary/aromatic N) is 4. The number of aromatic nitrogens is 3. The Kier molecular flexibility index (Phi) is 8.02. The molecule has 2 heterocycles. The fraction of sp³-hybridized carbons (Fsp3) is 0.350. The maximum absolute atomic E-state index is 4.33. The Hall–Kier alpha value is -2.16. The first-order valence-corrected chi connectivity index (χ1v) is 8.97. The van der Waals surface area contributed by atoms with Crippen molar-refractivity contribution in [3.63, 3.8) is 0 Å². The van der Waals surface area contributed by atoms with Gasteiger partial charge in [-0.2, -0.15) is 0 Å². The summed E-state index contributed by atoms with van der Waals surface area (Å²) < 4.78 is 1.97. The predicted octanol–water partition coefficient (Wildman–Crippen LogP) is 3.45. The van der Waals surface area contributed by atoms with E-state index in [2.05, 4.69) is 70.0 Å². The molecule has 0 fully saturated rings. The van der Waals surface area contributed by atoms with E-state index in [4.69, 9.17) is 0 Å². The molecule has 0 saturated heterocycles. The second kappa shape index (κ2) is 10.2. The van der Waals surface area contributed by atoms with E-state index in [0.717, 1.165) is 24.0 Å². The lowest BCUT2D eigenvalue weighted by atomic mass is 9.88. The highest BCUT2D eigenvalue weighted by molar-refractivity contribution is 14.0. The Morgan fingerprint density at radius 3 is 2.48 bits per heavy atom. The summed E-state index contributed by atoms with van der Waals surface area (Å²) in [5.74, 6) is 2.57. The minimum Gasteiger partial charge on any atom is -0.356 e. The van der Waals surface area contributed by atoms with Crippen LogP contribution in [0.5, 0.6) is 0 Å². The van der Waals surface area contributed by atoms with Gasteiger partial charge in [-0.3, -0.25) is 9.39 Å². The lowest BCUT2D eigenvalue weighted by Gasteiger charge is -2.23. The summed E-state index contributed by atoms with van der Waals surface area (Å²) in [6, 6.07) is 16.5. The van der Waals surface area contributed by atoms with Crippen LogP contribution in [0.1, 0.15) is 31.2 Å². The second-order valence-corrected chi connectivity index (χ2v) is 6.61. The van der Waals surface area contributed by atoms with Crippen LogP contribution in [0.15, 0.2) is 59.7 Å². The van der Waals surface area contributed by atoms with Gasteiger partial charge in [0.15, 0.2) is 17.4 Å². The summed E-state index contributed by atoms with van der Waals surface area (Å²) in [6.07, 6.45) is 1.97. The largest absolute Gasteiger partial charge is 0.356 e. The van der Waals surface area contributed by atoms with Crippen LogP contribution in [0, 0.1) is 5.92 Å². The van der Waals surface area contributed by atoms with Gasteiger partial charge in [-0.25, -0.2) is 0 Å². The molecule has 1 unspecified atom stereocenters.